The average molecular weight is 291 g/mol. The fourth-order valence-corrected chi connectivity index (χ4v) is 1.78. The maximum atomic E-state index is 13.0. The molecule has 1 N–H and O–H groups in total. The highest BCUT2D eigenvalue weighted by Gasteiger charge is 2.09. The summed E-state index contributed by atoms with van der Waals surface area (Å²) in [6.07, 6.45) is 0. The quantitative estimate of drug-likeness (QED) is 0.860. The Labute approximate surface area is 121 Å². The number of ether oxygens (including phenoxy) is 1. The van der Waals surface area contributed by atoms with E-state index in [4.69, 9.17) is 4.74 Å². The summed E-state index contributed by atoms with van der Waals surface area (Å²) in [4.78, 5) is 11.7. The molecule has 0 spiro atoms. The summed E-state index contributed by atoms with van der Waals surface area (Å²) in [5, 5.41) is 2.58. The zero-order chi connectivity index (χ0) is 15.2. The van der Waals surface area contributed by atoms with Crippen molar-refractivity contribution in [3.05, 3.63) is 65.2 Å². The van der Waals surface area contributed by atoms with E-state index in [2.05, 4.69) is 5.32 Å². The first kappa shape index (κ1) is 15.0. The summed E-state index contributed by atoms with van der Waals surface area (Å²) in [6.45, 7) is 2.52. The zero-order valence-corrected chi connectivity index (χ0v) is 11.5. The van der Waals surface area contributed by atoms with Gasteiger partial charge in [0, 0.05) is 5.56 Å². The molecule has 2 aromatic carbocycles. The van der Waals surface area contributed by atoms with Gasteiger partial charge >= 0.3 is 0 Å². The van der Waals surface area contributed by atoms with Crippen LogP contribution in [-0.2, 0) is 0 Å². The van der Waals surface area contributed by atoms with Gasteiger partial charge in [-0.25, -0.2) is 8.78 Å². The number of rotatable bonds is 5. The van der Waals surface area contributed by atoms with Gasteiger partial charge in [0.1, 0.15) is 12.4 Å². The minimum Gasteiger partial charge on any atom is -0.492 e. The van der Waals surface area contributed by atoms with Crippen LogP contribution in [-0.4, -0.2) is 19.1 Å². The van der Waals surface area contributed by atoms with Crippen molar-refractivity contribution in [3.8, 4) is 5.75 Å². The van der Waals surface area contributed by atoms with E-state index in [9.17, 15) is 13.6 Å². The number of hydrogen-bond donors (Lipinski definition) is 1. The number of benzene rings is 2. The summed E-state index contributed by atoms with van der Waals surface area (Å²) in [5.41, 5.74) is 1.16. The molecular formula is C16H15F2NO2. The van der Waals surface area contributed by atoms with E-state index < -0.39 is 17.5 Å². The maximum absolute atomic E-state index is 13.0. The number of nitrogens with one attached hydrogen (secondary N) is 1. The summed E-state index contributed by atoms with van der Waals surface area (Å²) >= 11 is 0. The van der Waals surface area contributed by atoms with Crippen molar-refractivity contribution in [3.63, 3.8) is 0 Å². The molecule has 0 unspecified atom stereocenters. The lowest BCUT2D eigenvalue weighted by Crippen LogP contribution is -2.28. The van der Waals surface area contributed by atoms with Gasteiger partial charge in [-0.05, 0) is 42.8 Å². The molecule has 0 aromatic heterocycles. The van der Waals surface area contributed by atoms with Crippen molar-refractivity contribution in [2.75, 3.05) is 13.2 Å². The van der Waals surface area contributed by atoms with Crippen molar-refractivity contribution in [2.45, 2.75) is 6.92 Å². The molecule has 2 aromatic rings. The molecule has 0 heterocycles. The van der Waals surface area contributed by atoms with Crippen molar-refractivity contribution in [1.29, 1.82) is 0 Å². The van der Waals surface area contributed by atoms with Gasteiger partial charge in [0.25, 0.3) is 5.91 Å². The van der Waals surface area contributed by atoms with Gasteiger partial charge in [0.15, 0.2) is 11.6 Å². The van der Waals surface area contributed by atoms with Crippen LogP contribution in [0.3, 0.4) is 0 Å². The Morgan fingerprint density at radius 3 is 2.67 bits per heavy atom. The van der Waals surface area contributed by atoms with Crippen LogP contribution >= 0.6 is 0 Å². The van der Waals surface area contributed by atoms with Gasteiger partial charge < -0.3 is 10.1 Å². The fraction of sp³-hybridized carbons (Fsp3) is 0.188. The molecule has 0 bridgehead atoms. The summed E-state index contributed by atoms with van der Waals surface area (Å²) < 4.78 is 31.2. The second-order valence-electron chi connectivity index (χ2n) is 4.55. The van der Waals surface area contributed by atoms with Crippen molar-refractivity contribution < 1.29 is 18.3 Å². The van der Waals surface area contributed by atoms with Crippen LogP contribution < -0.4 is 10.1 Å². The average Bonchev–Trinajstić information content (AvgIpc) is 2.46. The van der Waals surface area contributed by atoms with Gasteiger partial charge in [0.05, 0.1) is 6.54 Å². The smallest absolute Gasteiger partial charge is 0.251 e. The van der Waals surface area contributed by atoms with Crippen molar-refractivity contribution >= 4 is 5.91 Å². The molecule has 1 amide bonds. The van der Waals surface area contributed by atoms with E-state index in [-0.39, 0.29) is 12.1 Å². The minimum absolute atomic E-state index is 0.0736. The molecule has 0 radical (unpaired) electrons. The van der Waals surface area contributed by atoms with E-state index in [1.54, 1.807) is 0 Å². The van der Waals surface area contributed by atoms with Gasteiger partial charge in [-0.2, -0.15) is 0 Å². The van der Waals surface area contributed by atoms with Crippen LogP contribution in [0.25, 0.3) is 0 Å². The van der Waals surface area contributed by atoms with E-state index in [0.29, 0.717) is 6.61 Å². The summed E-state index contributed by atoms with van der Waals surface area (Å²) in [7, 11) is 0. The van der Waals surface area contributed by atoms with Crippen LogP contribution in [0.15, 0.2) is 42.5 Å². The standard InChI is InChI=1S/C16H15F2NO2/c1-11-3-2-4-13(9-11)21-8-7-19-16(20)12-5-6-14(17)15(18)10-12/h2-6,9-10H,7-8H2,1H3,(H,19,20). The summed E-state index contributed by atoms with van der Waals surface area (Å²) in [5.74, 6) is -1.77. The Morgan fingerprint density at radius 1 is 1.14 bits per heavy atom. The van der Waals surface area contributed by atoms with Crippen LogP contribution in [0.2, 0.25) is 0 Å². The second kappa shape index (κ2) is 6.83. The Hall–Kier alpha value is -2.43. The third-order valence-corrected chi connectivity index (χ3v) is 2.83. The molecule has 0 atom stereocenters. The Morgan fingerprint density at radius 2 is 1.95 bits per heavy atom. The lowest BCUT2D eigenvalue weighted by Gasteiger charge is -2.08. The SMILES string of the molecule is Cc1cccc(OCCNC(=O)c2ccc(F)c(F)c2)c1. The molecule has 0 aliphatic rings. The third-order valence-electron chi connectivity index (χ3n) is 2.83. The van der Waals surface area contributed by atoms with Gasteiger partial charge in [0.2, 0.25) is 0 Å². The number of hydrogen-bond acceptors (Lipinski definition) is 2. The molecule has 5 heteroatoms. The first-order chi connectivity index (χ1) is 10.1. The minimum atomic E-state index is -1.04. The largest absolute Gasteiger partial charge is 0.492 e. The first-order valence-corrected chi connectivity index (χ1v) is 6.49. The normalized spacial score (nSPS) is 10.2. The highest BCUT2D eigenvalue weighted by atomic mass is 19.2. The lowest BCUT2D eigenvalue weighted by molar-refractivity contribution is 0.0946. The van der Waals surface area contributed by atoms with Crippen LogP contribution in [0.1, 0.15) is 15.9 Å². The van der Waals surface area contributed by atoms with E-state index in [1.807, 2.05) is 31.2 Å². The highest BCUT2D eigenvalue weighted by molar-refractivity contribution is 5.94. The predicted molar refractivity (Wildman–Crippen MR) is 75.4 cm³/mol. The maximum Gasteiger partial charge on any atom is 0.251 e. The number of carbonyl (C=O) groups is 1. The Balaban J connectivity index is 1.80. The number of amides is 1. The van der Waals surface area contributed by atoms with Gasteiger partial charge in [-0.1, -0.05) is 12.1 Å². The van der Waals surface area contributed by atoms with E-state index in [1.165, 1.54) is 6.07 Å². The monoisotopic (exact) mass is 291 g/mol. The van der Waals surface area contributed by atoms with E-state index in [0.717, 1.165) is 23.4 Å². The molecule has 2 rings (SSSR count). The second-order valence-corrected chi connectivity index (χ2v) is 4.55. The Bertz CT molecular complexity index is 644. The third kappa shape index (κ3) is 4.27. The van der Waals surface area contributed by atoms with Crippen molar-refractivity contribution in [2.24, 2.45) is 0 Å². The number of carbonyl (C=O) groups excluding carboxylic acids is 1. The lowest BCUT2D eigenvalue weighted by atomic mass is 10.2. The molecule has 110 valence electrons. The van der Waals surface area contributed by atoms with E-state index >= 15 is 0 Å². The number of halogens is 2. The van der Waals surface area contributed by atoms with Gasteiger partial charge in [-0.3, -0.25) is 4.79 Å². The Kier molecular flexibility index (Phi) is 4.87. The summed E-state index contributed by atoms with van der Waals surface area (Å²) in [6, 6.07) is 10.6. The molecule has 0 aliphatic heterocycles. The topological polar surface area (TPSA) is 38.3 Å². The molecule has 0 saturated carbocycles. The first-order valence-electron chi connectivity index (χ1n) is 6.49. The molecular weight excluding hydrogens is 276 g/mol. The zero-order valence-electron chi connectivity index (χ0n) is 11.5. The highest BCUT2D eigenvalue weighted by Crippen LogP contribution is 2.12. The molecule has 0 fully saturated rings. The van der Waals surface area contributed by atoms with Crippen molar-refractivity contribution in [1.82, 2.24) is 5.32 Å². The fourth-order valence-electron chi connectivity index (χ4n) is 1.78. The molecule has 0 aliphatic carbocycles. The molecule has 3 nitrogen and oxygen atoms in total. The van der Waals surface area contributed by atoms with Crippen LogP contribution in [0, 0.1) is 18.6 Å². The van der Waals surface area contributed by atoms with Crippen LogP contribution in [0.4, 0.5) is 8.78 Å². The van der Waals surface area contributed by atoms with Crippen LogP contribution in [0.5, 0.6) is 5.75 Å². The number of aryl methyl sites for hydroxylation is 1. The molecule has 0 saturated heterocycles. The molecule has 21 heavy (non-hydrogen) atoms. The van der Waals surface area contributed by atoms with Gasteiger partial charge in [-0.15, -0.1) is 0 Å². The predicted octanol–water partition coefficient (Wildman–Crippen LogP) is 3.08.